The second-order valence-electron chi connectivity index (χ2n) is 7.06. The summed E-state index contributed by atoms with van der Waals surface area (Å²) in [5.41, 5.74) is 3.01. The SMILES string of the molecule is Cc1ccc(C)c(O[C@H](C)C(=O)NC(C)(C)Cc2ccccc2)c1. The van der Waals surface area contributed by atoms with Gasteiger partial charge in [0.25, 0.3) is 5.91 Å². The van der Waals surface area contributed by atoms with Crippen LogP contribution in [0.3, 0.4) is 0 Å². The van der Waals surface area contributed by atoms with Crippen molar-refractivity contribution >= 4 is 5.91 Å². The van der Waals surface area contributed by atoms with Gasteiger partial charge in [0.15, 0.2) is 6.10 Å². The number of aryl methyl sites for hydroxylation is 2. The van der Waals surface area contributed by atoms with E-state index in [0.717, 1.165) is 23.3 Å². The van der Waals surface area contributed by atoms with Crippen molar-refractivity contribution in [3.05, 3.63) is 65.2 Å². The predicted octanol–water partition coefficient (Wildman–Crippen LogP) is 4.21. The molecule has 2 rings (SSSR count). The molecule has 2 aromatic carbocycles. The molecule has 1 N–H and O–H groups in total. The van der Waals surface area contributed by atoms with Gasteiger partial charge in [-0.2, -0.15) is 0 Å². The van der Waals surface area contributed by atoms with Crippen LogP contribution in [0.2, 0.25) is 0 Å². The first kappa shape index (κ1) is 18.1. The minimum atomic E-state index is -0.541. The second-order valence-corrected chi connectivity index (χ2v) is 7.06. The van der Waals surface area contributed by atoms with Crippen molar-refractivity contribution in [2.24, 2.45) is 0 Å². The average molecular weight is 325 g/mol. The average Bonchev–Trinajstić information content (AvgIpc) is 2.51. The zero-order valence-electron chi connectivity index (χ0n) is 15.2. The smallest absolute Gasteiger partial charge is 0.261 e. The van der Waals surface area contributed by atoms with Crippen molar-refractivity contribution in [1.82, 2.24) is 5.32 Å². The van der Waals surface area contributed by atoms with Gasteiger partial charge in [0, 0.05) is 5.54 Å². The van der Waals surface area contributed by atoms with Crippen molar-refractivity contribution in [3.63, 3.8) is 0 Å². The Kier molecular flexibility index (Phi) is 5.66. The molecule has 0 fully saturated rings. The highest BCUT2D eigenvalue weighted by atomic mass is 16.5. The van der Waals surface area contributed by atoms with Crippen molar-refractivity contribution < 1.29 is 9.53 Å². The fraction of sp³-hybridized carbons (Fsp3) is 0.381. The molecule has 24 heavy (non-hydrogen) atoms. The standard InChI is InChI=1S/C21H27NO2/c1-15-11-12-16(2)19(13-15)24-17(3)20(23)22-21(4,5)14-18-9-7-6-8-10-18/h6-13,17H,14H2,1-5H3,(H,22,23)/t17-/m1/s1. The third-order valence-corrected chi connectivity index (χ3v) is 3.97. The Morgan fingerprint density at radius 2 is 1.79 bits per heavy atom. The minimum absolute atomic E-state index is 0.100. The first-order chi connectivity index (χ1) is 11.3. The van der Waals surface area contributed by atoms with Crippen LogP contribution >= 0.6 is 0 Å². The molecule has 0 heterocycles. The molecule has 0 saturated heterocycles. The number of hydrogen-bond acceptors (Lipinski definition) is 2. The van der Waals surface area contributed by atoms with E-state index in [4.69, 9.17) is 4.74 Å². The van der Waals surface area contributed by atoms with Crippen LogP contribution in [0, 0.1) is 13.8 Å². The van der Waals surface area contributed by atoms with Gasteiger partial charge in [-0.1, -0.05) is 42.5 Å². The molecular weight excluding hydrogens is 298 g/mol. The van der Waals surface area contributed by atoms with Crippen LogP contribution in [0.1, 0.15) is 37.5 Å². The summed E-state index contributed by atoms with van der Waals surface area (Å²) in [5, 5.41) is 3.09. The maximum Gasteiger partial charge on any atom is 0.261 e. The lowest BCUT2D eigenvalue weighted by molar-refractivity contribution is -0.128. The molecule has 0 aromatic heterocycles. The van der Waals surface area contributed by atoms with Gasteiger partial charge in [-0.25, -0.2) is 0 Å². The molecule has 128 valence electrons. The van der Waals surface area contributed by atoms with E-state index in [0.29, 0.717) is 0 Å². The highest BCUT2D eigenvalue weighted by molar-refractivity contribution is 5.81. The van der Waals surface area contributed by atoms with Gasteiger partial charge in [0.2, 0.25) is 0 Å². The minimum Gasteiger partial charge on any atom is -0.481 e. The molecule has 0 aliphatic heterocycles. The number of ether oxygens (including phenoxy) is 1. The highest BCUT2D eigenvalue weighted by Gasteiger charge is 2.25. The molecule has 0 aliphatic carbocycles. The number of amides is 1. The van der Waals surface area contributed by atoms with E-state index >= 15 is 0 Å². The molecule has 3 nitrogen and oxygen atoms in total. The van der Waals surface area contributed by atoms with Crippen LogP contribution in [0.25, 0.3) is 0 Å². The van der Waals surface area contributed by atoms with E-state index < -0.39 is 6.10 Å². The lowest BCUT2D eigenvalue weighted by atomic mass is 9.94. The number of benzene rings is 2. The van der Waals surface area contributed by atoms with E-state index in [9.17, 15) is 4.79 Å². The van der Waals surface area contributed by atoms with Crippen molar-refractivity contribution in [2.45, 2.75) is 52.7 Å². The molecule has 0 spiro atoms. The Labute approximate surface area is 145 Å². The van der Waals surface area contributed by atoms with Gasteiger partial charge in [0.1, 0.15) is 5.75 Å². The van der Waals surface area contributed by atoms with Gasteiger partial charge in [0.05, 0.1) is 0 Å². The second kappa shape index (κ2) is 7.52. The Morgan fingerprint density at radius 1 is 1.12 bits per heavy atom. The molecule has 1 amide bonds. The monoisotopic (exact) mass is 325 g/mol. The van der Waals surface area contributed by atoms with E-state index in [2.05, 4.69) is 17.4 Å². The number of carbonyl (C=O) groups is 1. The van der Waals surface area contributed by atoms with Crippen molar-refractivity contribution in [1.29, 1.82) is 0 Å². The van der Waals surface area contributed by atoms with Crippen LogP contribution in [-0.4, -0.2) is 17.6 Å². The summed E-state index contributed by atoms with van der Waals surface area (Å²) in [6.07, 6.45) is 0.232. The first-order valence-corrected chi connectivity index (χ1v) is 8.37. The van der Waals surface area contributed by atoms with Crippen molar-refractivity contribution in [2.75, 3.05) is 0 Å². The lowest BCUT2D eigenvalue weighted by Gasteiger charge is -2.28. The number of carbonyl (C=O) groups excluding carboxylic acids is 1. The number of nitrogens with one attached hydrogen (secondary N) is 1. The fourth-order valence-electron chi connectivity index (χ4n) is 2.66. The molecule has 0 bridgehead atoms. The summed E-state index contributed by atoms with van der Waals surface area (Å²) < 4.78 is 5.87. The van der Waals surface area contributed by atoms with E-state index in [1.165, 1.54) is 5.56 Å². The van der Waals surface area contributed by atoms with Crippen molar-refractivity contribution in [3.8, 4) is 5.75 Å². The molecule has 3 heteroatoms. The predicted molar refractivity (Wildman–Crippen MR) is 98.4 cm³/mol. The summed E-state index contributed by atoms with van der Waals surface area (Å²) in [4.78, 5) is 12.5. The Bertz CT molecular complexity index is 692. The molecule has 2 aromatic rings. The Hall–Kier alpha value is -2.29. The normalized spacial score (nSPS) is 12.5. The zero-order valence-corrected chi connectivity index (χ0v) is 15.2. The number of hydrogen-bond donors (Lipinski definition) is 1. The molecular formula is C21H27NO2. The van der Waals surface area contributed by atoms with Gasteiger partial charge in [-0.15, -0.1) is 0 Å². The quantitative estimate of drug-likeness (QED) is 0.864. The number of rotatable bonds is 6. The molecule has 0 unspecified atom stereocenters. The van der Waals surface area contributed by atoms with Crippen LogP contribution < -0.4 is 10.1 Å². The third-order valence-electron chi connectivity index (χ3n) is 3.97. The third kappa shape index (κ3) is 5.12. The van der Waals surface area contributed by atoms with Crippen LogP contribution in [0.4, 0.5) is 0 Å². The van der Waals surface area contributed by atoms with Crippen LogP contribution in [0.15, 0.2) is 48.5 Å². The molecule has 1 atom stereocenters. The first-order valence-electron chi connectivity index (χ1n) is 8.37. The topological polar surface area (TPSA) is 38.3 Å². The molecule has 0 radical (unpaired) electrons. The van der Waals surface area contributed by atoms with E-state index in [1.807, 2.05) is 64.1 Å². The maximum absolute atomic E-state index is 12.5. The summed E-state index contributed by atoms with van der Waals surface area (Å²) in [7, 11) is 0. The summed E-state index contributed by atoms with van der Waals surface area (Å²) >= 11 is 0. The van der Waals surface area contributed by atoms with Gasteiger partial charge in [-0.3, -0.25) is 4.79 Å². The maximum atomic E-state index is 12.5. The molecule has 0 aliphatic rings. The Balaban J connectivity index is 1.98. The fourth-order valence-corrected chi connectivity index (χ4v) is 2.66. The van der Waals surface area contributed by atoms with Gasteiger partial charge >= 0.3 is 0 Å². The van der Waals surface area contributed by atoms with Crippen LogP contribution in [0.5, 0.6) is 5.75 Å². The van der Waals surface area contributed by atoms with Crippen LogP contribution in [-0.2, 0) is 11.2 Å². The van der Waals surface area contributed by atoms with E-state index in [1.54, 1.807) is 6.92 Å². The van der Waals surface area contributed by atoms with Gasteiger partial charge < -0.3 is 10.1 Å². The largest absolute Gasteiger partial charge is 0.481 e. The highest BCUT2D eigenvalue weighted by Crippen LogP contribution is 2.21. The summed E-state index contributed by atoms with van der Waals surface area (Å²) in [6.45, 7) is 9.85. The molecule has 0 saturated carbocycles. The lowest BCUT2D eigenvalue weighted by Crippen LogP contribution is -2.49. The van der Waals surface area contributed by atoms with Gasteiger partial charge in [-0.05, 0) is 63.8 Å². The zero-order chi connectivity index (χ0) is 17.7. The van der Waals surface area contributed by atoms with E-state index in [-0.39, 0.29) is 11.4 Å². The summed E-state index contributed by atoms with van der Waals surface area (Å²) in [5.74, 6) is 0.662. The summed E-state index contributed by atoms with van der Waals surface area (Å²) in [6, 6.07) is 16.2. The Morgan fingerprint density at radius 3 is 2.46 bits per heavy atom.